The summed E-state index contributed by atoms with van der Waals surface area (Å²) >= 11 is 11.1. The molecule has 84 heavy (non-hydrogen) atoms. The number of nitrogens with two attached hydrogens (primary N) is 1. The molecule has 0 spiro atoms. The number of alkyl halides is 7. The number of halogens is 8. The predicted molar refractivity (Wildman–Crippen MR) is 295 cm³/mol. The zero-order chi connectivity index (χ0) is 60.6. The fourth-order valence-electron chi connectivity index (χ4n) is 5.45. The Morgan fingerprint density at radius 1 is 0.560 bits per heavy atom. The van der Waals surface area contributed by atoms with Crippen LogP contribution in [-0.2, 0) is 53.7 Å². The van der Waals surface area contributed by atoms with Crippen LogP contribution in [0.1, 0.15) is 29.0 Å². The third-order valence-corrected chi connectivity index (χ3v) is 14.8. The van der Waals surface area contributed by atoms with Crippen molar-refractivity contribution in [1.29, 1.82) is 0 Å². The molecule has 0 amide bonds. The molecular weight excluding hydrogens is 1310 g/mol. The molecule has 10 rings (SSSR count). The van der Waals surface area contributed by atoms with Gasteiger partial charge in [-0.05, 0) is 42.5 Å². The Kier molecular flexibility index (Phi) is 23.2. The zero-order valence-corrected chi connectivity index (χ0v) is 48.3. The molecule has 0 unspecified atom stereocenters. The number of thiophene rings is 2. The lowest BCUT2D eigenvalue weighted by Crippen LogP contribution is -2.19. The van der Waals surface area contributed by atoms with Crippen LogP contribution in [0.5, 0.6) is 0 Å². The van der Waals surface area contributed by atoms with Crippen LogP contribution in [0.3, 0.4) is 0 Å². The van der Waals surface area contributed by atoms with Crippen LogP contribution in [0, 0.1) is 0 Å². The first-order chi connectivity index (χ1) is 39.1. The summed E-state index contributed by atoms with van der Waals surface area (Å²) in [7, 11) is -10.4. The van der Waals surface area contributed by atoms with Crippen LogP contribution in [0.15, 0.2) is 141 Å². The molecule has 0 aromatic carbocycles. The average Bonchev–Trinajstić information content (AvgIpc) is 4.13. The molecule has 0 atom stereocenters. The Balaban J connectivity index is 0.000000210. The van der Waals surface area contributed by atoms with E-state index >= 15 is 0 Å². The molecular formula is C44H39BrClF6N19O8S5. The number of nitrogens with one attached hydrogen (secondary N) is 1. The molecule has 10 heterocycles. The monoisotopic (exact) mass is 1350 g/mol. The highest BCUT2D eigenvalue weighted by Gasteiger charge is 2.39. The van der Waals surface area contributed by atoms with Crippen LogP contribution in [-0.4, -0.2) is 124 Å². The Bertz CT molecular complexity index is 4070. The van der Waals surface area contributed by atoms with Crippen molar-refractivity contribution < 1.29 is 60.6 Å². The van der Waals surface area contributed by atoms with Crippen LogP contribution >= 0.6 is 50.2 Å². The van der Waals surface area contributed by atoms with Crippen molar-refractivity contribution in [3.8, 4) is 21.4 Å². The van der Waals surface area contributed by atoms with Crippen LogP contribution in [0.25, 0.3) is 21.4 Å². The van der Waals surface area contributed by atoms with E-state index in [-0.39, 0.29) is 52.1 Å². The average molecular weight is 1350 g/mol. The van der Waals surface area contributed by atoms with Gasteiger partial charge in [-0.25, -0.2) is 70.1 Å². The highest BCUT2D eigenvalue weighted by molar-refractivity contribution is 9.08. The van der Waals surface area contributed by atoms with E-state index in [1.807, 2.05) is 0 Å². The van der Waals surface area contributed by atoms with E-state index in [9.17, 15) is 51.6 Å². The highest BCUT2D eigenvalue weighted by atomic mass is 79.9. The molecule has 444 valence electrons. The standard InChI is InChI=1S/C17H12F3N7O3S2.C9H9N5O2S.C8H4BrF3N2OS.C5H5ClN2O2S.C4H5N3.CH4/c1-32(28,29)16-23-5-4-12(24-16)27(13-8-21-6-7-22-13)9-10-2-3-11(31-10)14-25-15(30-26-14)17(18,19)20;1-17(15,16)9-12-3-2-7(14-9)13-8-6-10-4-5-11-8;9-3-4-1-2-5(16-4)6-13-7(15-14-6)8(10,11)12;1-11(9,10)5-7-3-2-4(6)8-5;5-4-3-6-1-2-7-4;/h2-8H,9H2,1H3;2-6H,1H3,(H,11,12,13,14);1-2H,3H2;2-3H,1H3;1-3H,(H2,5,7);1H4. The molecule has 0 aliphatic rings. The Morgan fingerprint density at radius 2 is 1.05 bits per heavy atom. The van der Waals surface area contributed by atoms with Crippen molar-refractivity contribution in [2.75, 3.05) is 34.7 Å². The maximum atomic E-state index is 12.7. The molecule has 0 saturated carbocycles. The predicted octanol–water partition coefficient (Wildman–Crippen LogP) is 8.49. The van der Waals surface area contributed by atoms with Crippen molar-refractivity contribution in [3.05, 3.63) is 144 Å². The Labute approximate surface area is 493 Å². The van der Waals surface area contributed by atoms with Crippen molar-refractivity contribution in [1.82, 2.24) is 80.1 Å². The quantitative estimate of drug-likeness (QED) is 0.0501. The SMILES string of the molecule is C.CS(=O)(=O)c1nccc(Cl)n1.CS(=O)(=O)c1nccc(N(Cc2ccc(-c3noc(C(F)(F)F)n3)s2)c2cnccn2)n1.CS(=O)(=O)c1nccc(Nc2cnccn2)n1.FC(F)(F)c1nc(-c2ccc(CBr)s2)no1.Nc1cnccn1. The van der Waals surface area contributed by atoms with Gasteiger partial charge in [-0.3, -0.25) is 15.0 Å². The lowest BCUT2D eigenvalue weighted by atomic mass is 10.3. The molecule has 27 nitrogen and oxygen atoms in total. The van der Waals surface area contributed by atoms with Gasteiger partial charge >= 0.3 is 24.1 Å². The first kappa shape index (κ1) is 66.6. The number of hydrogen-bond donors (Lipinski definition) is 2. The molecule has 0 aliphatic carbocycles. The molecule has 0 saturated heterocycles. The third-order valence-electron chi connectivity index (χ3n) is 8.90. The number of anilines is 5. The van der Waals surface area contributed by atoms with Crippen molar-refractivity contribution in [3.63, 3.8) is 0 Å². The summed E-state index contributed by atoms with van der Waals surface area (Å²) in [6, 6.07) is 11.1. The van der Waals surface area contributed by atoms with Crippen LogP contribution < -0.4 is 16.0 Å². The summed E-state index contributed by atoms with van der Waals surface area (Å²) in [4.78, 5) is 56.8. The molecule has 10 aromatic rings. The van der Waals surface area contributed by atoms with Gasteiger partial charge in [0, 0.05) is 89.6 Å². The second-order valence-corrected chi connectivity index (χ2v) is 24.4. The van der Waals surface area contributed by atoms with Crippen LogP contribution in [0.2, 0.25) is 5.15 Å². The number of hydrogen-bond acceptors (Lipinski definition) is 29. The van der Waals surface area contributed by atoms with Gasteiger partial charge in [-0.15, -0.1) is 22.7 Å². The topological polar surface area (TPSA) is 376 Å². The van der Waals surface area contributed by atoms with Gasteiger partial charge in [0.2, 0.25) is 56.6 Å². The van der Waals surface area contributed by atoms with Gasteiger partial charge in [0.25, 0.3) is 0 Å². The summed E-state index contributed by atoms with van der Waals surface area (Å²) in [5.74, 6) is -1.08. The zero-order valence-electron chi connectivity index (χ0n) is 41.9. The van der Waals surface area contributed by atoms with Gasteiger partial charge in [0.1, 0.15) is 28.4 Å². The number of sulfone groups is 3. The lowest BCUT2D eigenvalue weighted by Gasteiger charge is -2.21. The summed E-state index contributed by atoms with van der Waals surface area (Å²) in [5, 5.41) is 9.43. The summed E-state index contributed by atoms with van der Waals surface area (Å²) in [5.41, 5.74) is 5.18. The van der Waals surface area contributed by atoms with Crippen molar-refractivity contribution >= 4 is 109 Å². The van der Waals surface area contributed by atoms with Crippen LogP contribution in [0.4, 0.5) is 55.4 Å². The smallest absolute Gasteiger partial charge is 0.382 e. The van der Waals surface area contributed by atoms with E-state index in [4.69, 9.17) is 17.3 Å². The number of nitrogen functional groups attached to an aromatic ring is 1. The largest absolute Gasteiger partial charge is 0.471 e. The first-order valence-electron chi connectivity index (χ1n) is 22.0. The lowest BCUT2D eigenvalue weighted by molar-refractivity contribution is -0.160. The number of rotatable bonds is 12. The molecule has 10 aromatic heterocycles. The van der Waals surface area contributed by atoms with E-state index < -0.39 is 53.6 Å². The first-order valence-corrected chi connectivity index (χ1v) is 30.8. The second-order valence-electron chi connectivity index (χ2n) is 15.4. The number of nitrogens with zero attached hydrogens (tertiary/aromatic N) is 17. The number of aromatic nitrogens is 16. The van der Waals surface area contributed by atoms with Gasteiger partial charge in [-0.1, -0.05) is 45.3 Å². The van der Waals surface area contributed by atoms with Gasteiger partial charge < -0.3 is 25.0 Å². The molecule has 0 radical (unpaired) electrons. The van der Waals surface area contributed by atoms with E-state index in [0.29, 0.717) is 43.2 Å². The second kappa shape index (κ2) is 29.3. The summed E-state index contributed by atoms with van der Waals surface area (Å²) in [6.45, 7) is 0.160. The maximum absolute atomic E-state index is 12.7. The fraction of sp³-hybridized carbons (Fsp3) is 0.182. The van der Waals surface area contributed by atoms with E-state index in [2.05, 4.69) is 110 Å². The minimum atomic E-state index is -4.74. The fourth-order valence-corrected chi connectivity index (χ4v) is 9.42. The minimum Gasteiger partial charge on any atom is -0.382 e. The maximum Gasteiger partial charge on any atom is 0.471 e. The molecule has 0 bridgehead atoms. The molecule has 0 fully saturated rings. The summed E-state index contributed by atoms with van der Waals surface area (Å²) in [6.07, 6.45) is 11.3. The Hall–Kier alpha value is -8.24. The van der Waals surface area contributed by atoms with E-state index in [1.54, 1.807) is 47.6 Å². The Morgan fingerprint density at radius 3 is 1.48 bits per heavy atom. The highest BCUT2D eigenvalue weighted by Crippen LogP contribution is 2.35. The molecule has 0 aliphatic heterocycles. The van der Waals surface area contributed by atoms with Gasteiger partial charge in [-0.2, -0.15) is 36.3 Å². The summed E-state index contributed by atoms with van der Waals surface area (Å²) < 4.78 is 151. The normalized spacial score (nSPS) is 11.4. The van der Waals surface area contributed by atoms with E-state index in [1.165, 1.54) is 85.4 Å². The minimum absolute atomic E-state index is 0. The third kappa shape index (κ3) is 20.6. The van der Waals surface area contributed by atoms with Gasteiger partial charge in [0.05, 0.1) is 34.9 Å². The molecule has 40 heteroatoms. The van der Waals surface area contributed by atoms with Crippen molar-refractivity contribution in [2.24, 2.45) is 0 Å². The molecule has 3 N–H and O–H groups in total. The van der Waals surface area contributed by atoms with Gasteiger partial charge in [0.15, 0.2) is 5.82 Å². The van der Waals surface area contributed by atoms with E-state index in [0.717, 1.165) is 35.0 Å². The van der Waals surface area contributed by atoms with Crippen molar-refractivity contribution in [2.45, 2.75) is 47.1 Å².